The van der Waals surface area contributed by atoms with Crippen molar-refractivity contribution >= 4 is 36.0 Å². The Kier molecular flexibility index (Phi) is 9.92. The number of hydrogen-bond donors (Lipinski definition) is 1. The average Bonchev–Trinajstić information content (AvgIpc) is 3.21. The Bertz CT molecular complexity index is 1260. The molecule has 1 aliphatic rings. The number of aromatic nitrogens is 4. The van der Waals surface area contributed by atoms with Crippen LogP contribution in [0.4, 0.5) is 0 Å². The Morgan fingerprint density at radius 1 is 1.05 bits per heavy atom. The SMILES string of the molecule is CCC(C)n1c(-c2ccncc2)nn([C@@H]2O[C@H](COC(C)=O)[C@@H](OC(C)=O)[C@H](OC(C)=O)[C@H]2NC(C)=O)c1=S. The zero-order chi connectivity index (χ0) is 28.9. The van der Waals surface area contributed by atoms with Gasteiger partial charge in [-0.1, -0.05) is 6.92 Å². The third-order valence-corrected chi connectivity index (χ3v) is 6.52. The van der Waals surface area contributed by atoms with Crippen molar-refractivity contribution in [3.63, 3.8) is 0 Å². The second-order valence-electron chi connectivity index (χ2n) is 9.16. The monoisotopic (exact) mass is 563 g/mol. The van der Waals surface area contributed by atoms with Crippen molar-refractivity contribution < 1.29 is 38.1 Å². The van der Waals surface area contributed by atoms with Crippen LogP contribution in [0.1, 0.15) is 60.2 Å². The van der Waals surface area contributed by atoms with Crippen LogP contribution in [0.15, 0.2) is 24.5 Å². The molecule has 14 heteroatoms. The first-order valence-electron chi connectivity index (χ1n) is 12.5. The molecule has 2 aromatic heterocycles. The lowest BCUT2D eigenvalue weighted by Gasteiger charge is -2.45. The number of carbonyl (C=O) groups is 4. The summed E-state index contributed by atoms with van der Waals surface area (Å²) in [6, 6.07) is 2.43. The van der Waals surface area contributed by atoms with Gasteiger partial charge in [0.1, 0.15) is 18.8 Å². The van der Waals surface area contributed by atoms with Crippen LogP contribution in [0, 0.1) is 4.77 Å². The molecule has 0 bridgehead atoms. The van der Waals surface area contributed by atoms with Crippen LogP contribution in [-0.2, 0) is 38.1 Å². The summed E-state index contributed by atoms with van der Waals surface area (Å²) in [6.07, 6.45) is -0.672. The quantitative estimate of drug-likeness (QED) is 0.272. The molecule has 0 aromatic carbocycles. The zero-order valence-electron chi connectivity index (χ0n) is 22.7. The molecule has 1 fully saturated rings. The normalized spacial score (nSPS) is 23.4. The lowest BCUT2D eigenvalue weighted by molar-refractivity contribution is -0.239. The number of nitrogens with one attached hydrogen (secondary N) is 1. The van der Waals surface area contributed by atoms with Gasteiger partial charge in [-0.3, -0.25) is 28.7 Å². The molecule has 0 aliphatic carbocycles. The summed E-state index contributed by atoms with van der Waals surface area (Å²) in [5, 5.41) is 7.52. The van der Waals surface area contributed by atoms with Crippen molar-refractivity contribution in [1.29, 1.82) is 0 Å². The van der Waals surface area contributed by atoms with E-state index >= 15 is 0 Å². The molecule has 1 aliphatic heterocycles. The van der Waals surface area contributed by atoms with E-state index in [0.29, 0.717) is 5.82 Å². The van der Waals surface area contributed by atoms with E-state index in [4.69, 9.17) is 36.3 Å². The van der Waals surface area contributed by atoms with Crippen LogP contribution >= 0.6 is 12.2 Å². The van der Waals surface area contributed by atoms with Crippen molar-refractivity contribution in [3.05, 3.63) is 29.3 Å². The van der Waals surface area contributed by atoms with Gasteiger partial charge in [0.25, 0.3) is 0 Å². The second-order valence-corrected chi connectivity index (χ2v) is 9.52. The van der Waals surface area contributed by atoms with Gasteiger partial charge in [0, 0.05) is 51.7 Å². The summed E-state index contributed by atoms with van der Waals surface area (Å²) >= 11 is 5.85. The predicted molar refractivity (Wildman–Crippen MR) is 139 cm³/mol. The van der Waals surface area contributed by atoms with Crippen molar-refractivity contribution in [2.24, 2.45) is 0 Å². The first-order chi connectivity index (χ1) is 18.4. The molecule has 39 heavy (non-hydrogen) atoms. The predicted octanol–water partition coefficient (Wildman–Crippen LogP) is 2.28. The topological polar surface area (TPSA) is 153 Å². The summed E-state index contributed by atoms with van der Waals surface area (Å²) < 4.78 is 26.1. The average molecular weight is 564 g/mol. The Morgan fingerprint density at radius 2 is 1.67 bits per heavy atom. The summed E-state index contributed by atoms with van der Waals surface area (Å²) in [5.74, 6) is -1.91. The Hall–Kier alpha value is -3.65. The first-order valence-corrected chi connectivity index (χ1v) is 12.9. The van der Waals surface area contributed by atoms with Crippen LogP contribution < -0.4 is 5.32 Å². The van der Waals surface area contributed by atoms with Gasteiger partial charge in [0.05, 0.1) is 0 Å². The number of carbonyl (C=O) groups excluding carboxylic acids is 4. The Balaban J connectivity index is 2.23. The van der Waals surface area contributed by atoms with Gasteiger partial charge in [-0.25, -0.2) is 4.68 Å². The van der Waals surface area contributed by atoms with E-state index in [0.717, 1.165) is 12.0 Å². The Labute approximate surface area is 230 Å². The van der Waals surface area contributed by atoms with Crippen LogP contribution in [0.5, 0.6) is 0 Å². The molecule has 212 valence electrons. The van der Waals surface area contributed by atoms with Crippen LogP contribution in [0.2, 0.25) is 0 Å². The van der Waals surface area contributed by atoms with E-state index < -0.39 is 54.4 Å². The van der Waals surface area contributed by atoms with Gasteiger partial charge in [-0.15, -0.1) is 5.10 Å². The molecule has 0 radical (unpaired) electrons. The maximum Gasteiger partial charge on any atom is 0.303 e. The van der Waals surface area contributed by atoms with E-state index in [1.807, 2.05) is 18.4 Å². The van der Waals surface area contributed by atoms with Crippen LogP contribution in [0.3, 0.4) is 0 Å². The summed E-state index contributed by atoms with van der Waals surface area (Å²) in [6.45, 7) is 8.53. The number of amides is 1. The van der Waals surface area contributed by atoms with Gasteiger partial charge in [0.2, 0.25) is 10.7 Å². The number of esters is 3. The number of pyridine rings is 1. The third kappa shape index (κ3) is 7.06. The molecular weight excluding hydrogens is 530 g/mol. The molecule has 0 saturated carbocycles. The lowest BCUT2D eigenvalue weighted by atomic mass is 9.95. The maximum atomic E-state index is 12.3. The van der Waals surface area contributed by atoms with E-state index in [2.05, 4.69) is 10.3 Å². The molecule has 3 rings (SSSR count). The molecule has 1 unspecified atom stereocenters. The summed E-state index contributed by atoms with van der Waals surface area (Å²) in [7, 11) is 0. The molecule has 1 saturated heterocycles. The molecule has 1 N–H and O–H groups in total. The van der Waals surface area contributed by atoms with Gasteiger partial charge < -0.3 is 24.3 Å². The Morgan fingerprint density at radius 3 is 2.21 bits per heavy atom. The van der Waals surface area contributed by atoms with E-state index in [1.54, 1.807) is 24.5 Å². The van der Waals surface area contributed by atoms with Gasteiger partial charge in [-0.2, -0.15) is 0 Å². The van der Waals surface area contributed by atoms with Gasteiger partial charge in [0.15, 0.2) is 24.3 Å². The van der Waals surface area contributed by atoms with Crippen molar-refractivity contribution in [2.75, 3.05) is 6.61 Å². The van der Waals surface area contributed by atoms with E-state index in [1.165, 1.54) is 32.4 Å². The minimum absolute atomic E-state index is 0.0628. The van der Waals surface area contributed by atoms with Crippen LogP contribution in [0.25, 0.3) is 11.4 Å². The fourth-order valence-corrected chi connectivity index (χ4v) is 4.77. The fourth-order valence-electron chi connectivity index (χ4n) is 4.35. The summed E-state index contributed by atoms with van der Waals surface area (Å²) in [4.78, 5) is 52.2. The minimum Gasteiger partial charge on any atom is -0.463 e. The van der Waals surface area contributed by atoms with Gasteiger partial charge >= 0.3 is 17.9 Å². The lowest BCUT2D eigenvalue weighted by Crippen LogP contribution is -2.64. The number of rotatable bonds is 9. The standard InChI is InChI=1S/C25H33N5O8S/c1-7-13(2)29-23(18-8-10-26-11-9-18)28-30(25(29)39)24-20(27-14(3)31)22(37-17(6)34)21(36-16(5)33)19(38-24)12-35-15(4)32/h8-11,13,19-22,24H,7,12H2,1-6H3,(H,27,31)/t13?,19-,20-,21-,22-,24-/m1/s1. The van der Waals surface area contributed by atoms with Gasteiger partial charge in [-0.05, 0) is 37.7 Å². The first kappa shape index (κ1) is 29.9. The number of nitrogens with zero attached hydrogens (tertiary/aromatic N) is 4. The zero-order valence-corrected chi connectivity index (χ0v) is 23.5. The second kappa shape index (κ2) is 12.9. The van der Waals surface area contributed by atoms with Crippen molar-refractivity contribution in [1.82, 2.24) is 24.6 Å². The van der Waals surface area contributed by atoms with Crippen LogP contribution in [-0.4, -0.2) is 74.1 Å². The minimum atomic E-state index is -1.23. The highest BCUT2D eigenvalue weighted by molar-refractivity contribution is 7.71. The van der Waals surface area contributed by atoms with Crippen molar-refractivity contribution in [3.8, 4) is 11.4 Å². The fraction of sp³-hybridized carbons (Fsp3) is 0.560. The highest BCUT2D eigenvalue weighted by atomic mass is 32.1. The summed E-state index contributed by atoms with van der Waals surface area (Å²) in [5.41, 5.74) is 0.743. The number of ether oxygens (including phenoxy) is 4. The molecule has 1 amide bonds. The van der Waals surface area contributed by atoms with E-state index in [9.17, 15) is 19.2 Å². The van der Waals surface area contributed by atoms with E-state index in [-0.39, 0.29) is 17.4 Å². The molecule has 3 heterocycles. The molecule has 13 nitrogen and oxygen atoms in total. The smallest absolute Gasteiger partial charge is 0.303 e. The third-order valence-electron chi connectivity index (χ3n) is 6.13. The molecule has 0 spiro atoms. The number of hydrogen-bond acceptors (Lipinski definition) is 11. The molecule has 6 atom stereocenters. The highest BCUT2D eigenvalue weighted by Gasteiger charge is 2.52. The maximum absolute atomic E-state index is 12.3. The largest absolute Gasteiger partial charge is 0.463 e. The van der Waals surface area contributed by atoms with Crippen molar-refractivity contribution in [2.45, 2.75) is 84.6 Å². The molecule has 2 aromatic rings. The highest BCUT2D eigenvalue weighted by Crippen LogP contribution is 2.34. The molecular formula is C25H33N5O8S.